The van der Waals surface area contributed by atoms with Crippen LogP contribution in [0.15, 0.2) is 47.6 Å². The molecule has 1 amide bonds. The van der Waals surface area contributed by atoms with Crippen LogP contribution in [-0.4, -0.2) is 25.3 Å². The van der Waals surface area contributed by atoms with E-state index in [9.17, 15) is 4.79 Å². The zero-order valence-corrected chi connectivity index (χ0v) is 14.4. The number of carbonyl (C=O) groups excluding carboxylic acids is 1. The lowest BCUT2D eigenvalue weighted by molar-refractivity contribution is -0.123. The van der Waals surface area contributed by atoms with Crippen molar-refractivity contribution in [3.05, 3.63) is 59.2 Å². The van der Waals surface area contributed by atoms with Gasteiger partial charge in [0.05, 0.1) is 12.8 Å². The van der Waals surface area contributed by atoms with Crippen LogP contribution in [0.1, 0.15) is 23.6 Å². The molecule has 0 aliphatic carbocycles. The van der Waals surface area contributed by atoms with Crippen LogP contribution in [0.25, 0.3) is 0 Å². The molecule has 24 heavy (non-hydrogen) atoms. The van der Waals surface area contributed by atoms with Gasteiger partial charge in [-0.05, 0) is 38.5 Å². The smallest absolute Gasteiger partial charge is 0.277 e. The lowest BCUT2D eigenvalue weighted by Gasteiger charge is -2.10. The number of nitrogens with zero attached hydrogens (tertiary/aromatic N) is 1. The molecule has 5 nitrogen and oxygen atoms in total. The molecule has 0 saturated carbocycles. The van der Waals surface area contributed by atoms with E-state index in [-0.39, 0.29) is 12.5 Å². The molecule has 5 heteroatoms. The molecule has 0 aromatic heterocycles. The Labute approximate surface area is 142 Å². The van der Waals surface area contributed by atoms with Gasteiger partial charge in [0.1, 0.15) is 0 Å². The predicted octanol–water partition coefficient (Wildman–Crippen LogP) is 3.23. The molecule has 0 spiro atoms. The Bertz CT molecular complexity index is 754. The van der Waals surface area contributed by atoms with Gasteiger partial charge in [-0.25, -0.2) is 5.43 Å². The number of hydrazone groups is 1. The molecule has 0 radical (unpaired) electrons. The number of aryl methyl sites for hydroxylation is 2. The standard InChI is InChI=1S/C19H22N2O3/c1-13-9-10-16(14(2)11-13)15(3)20-21-19(22)12-24-18-8-6-5-7-17(18)23-4/h5-11H,12H2,1-4H3,(H,21,22)/b20-15-. The highest BCUT2D eigenvalue weighted by Crippen LogP contribution is 2.25. The molecule has 2 rings (SSSR count). The molecule has 2 aromatic rings. The van der Waals surface area contributed by atoms with Crippen molar-refractivity contribution in [2.45, 2.75) is 20.8 Å². The predicted molar refractivity (Wildman–Crippen MR) is 94.8 cm³/mol. The summed E-state index contributed by atoms with van der Waals surface area (Å²) in [5.74, 6) is 0.774. The number of para-hydroxylation sites is 2. The zero-order chi connectivity index (χ0) is 17.5. The van der Waals surface area contributed by atoms with Gasteiger partial charge < -0.3 is 9.47 Å². The largest absolute Gasteiger partial charge is 0.493 e. The number of ether oxygens (including phenoxy) is 2. The van der Waals surface area contributed by atoms with Crippen LogP contribution in [0, 0.1) is 13.8 Å². The third-order valence-corrected chi connectivity index (χ3v) is 3.55. The average molecular weight is 326 g/mol. The van der Waals surface area contributed by atoms with Gasteiger partial charge in [0, 0.05) is 5.56 Å². The summed E-state index contributed by atoms with van der Waals surface area (Å²) in [5, 5.41) is 4.15. The number of hydrogen-bond donors (Lipinski definition) is 1. The van der Waals surface area contributed by atoms with E-state index >= 15 is 0 Å². The number of methoxy groups -OCH3 is 1. The van der Waals surface area contributed by atoms with Crippen LogP contribution in [-0.2, 0) is 4.79 Å². The molecule has 0 bridgehead atoms. The van der Waals surface area contributed by atoms with Gasteiger partial charge in [-0.3, -0.25) is 4.79 Å². The van der Waals surface area contributed by atoms with Gasteiger partial charge >= 0.3 is 0 Å². The molecule has 0 saturated heterocycles. The highest BCUT2D eigenvalue weighted by molar-refractivity contribution is 6.00. The molecule has 0 atom stereocenters. The second-order valence-electron chi connectivity index (χ2n) is 5.49. The van der Waals surface area contributed by atoms with Crippen molar-refractivity contribution in [3.8, 4) is 11.5 Å². The maximum absolute atomic E-state index is 11.9. The molecular weight excluding hydrogens is 304 g/mol. The number of nitrogens with one attached hydrogen (secondary N) is 1. The van der Waals surface area contributed by atoms with Crippen LogP contribution in [0.2, 0.25) is 0 Å². The molecule has 0 aliphatic heterocycles. The Hall–Kier alpha value is -2.82. The third-order valence-electron chi connectivity index (χ3n) is 3.55. The first-order chi connectivity index (χ1) is 11.5. The van der Waals surface area contributed by atoms with Crippen LogP contribution >= 0.6 is 0 Å². The van der Waals surface area contributed by atoms with Gasteiger partial charge in [-0.1, -0.05) is 35.9 Å². The van der Waals surface area contributed by atoms with E-state index in [2.05, 4.69) is 16.6 Å². The zero-order valence-electron chi connectivity index (χ0n) is 14.4. The summed E-state index contributed by atoms with van der Waals surface area (Å²) < 4.78 is 10.6. The molecule has 2 aromatic carbocycles. The second-order valence-corrected chi connectivity index (χ2v) is 5.49. The summed E-state index contributed by atoms with van der Waals surface area (Å²) in [5.41, 5.74) is 6.58. The minimum atomic E-state index is -0.329. The maximum Gasteiger partial charge on any atom is 0.277 e. The van der Waals surface area contributed by atoms with Crippen molar-refractivity contribution < 1.29 is 14.3 Å². The summed E-state index contributed by atoms with van der Waals surface area (Å²) in [4.78, 5) is 11.9. The third kappa shape index (κ3) is 4.59. The lowest BCUT2D eigenvalue weighted by atomic mass is 10.0. The monoisotopic (exact) mass is 326 g/mol. The first-order valence-electron chi connectivity index (χ1n) is 7.68. The number of carbonyl (C=O) groups is 1. The van der Waals surface area contributed by atoms with Gasteiger partial charge in [0.15, 0.2) is 18.1 Å². The van der Waals surface area contributed by atoms with E-state index in [0.29, 0.717) is 11.5 Å². The average Bonchev–Trinajstić information content (AvgIpc) is 2.58. The molecule has 1 N–H and O–H groups in total. The number of amides is 1. The number of rotatable bonds is 6. The summed E-state index contributed by atoms with van der Waals surface area (Å²) >= 11 is 0. The van der Waals surface area contributed by atoms with Gasteiger partial charge in [-0.2, -0.15) is 5.10 Å². The molecule has 0 unspecified atom stereocenters. The number of hydrogen-bond acceptors (Lipinski definition) is 4. The van der Waals surface area contributed by atoms with Crippen molar-refractivity contribution in [2.75, 3.05) is 13.7 Å². The topological polar surface area (TPSA) is 59.9 Å². The summed E-state index contributed by atoms with van der Waals surface area (Å²) in [6, 6.07) is 13.3. The normalized spacial score (nSPS) is 11.1. The van der Waals surface area contributed by atoms with Crippen molar-refractivity contribution in [3.63, 3.8) is 0 Å². The fraction of sp³-hybridized carbons (Fsp3) is 0.263. The summed E-state index contributed by atoms with van der Waals surface area (Å²) in [6.45, 7) is 5.79. The molecule has 0 aliphatic rings. The molecule has 126 valence electrons. The van der Waals surface area contributed by atoms with Crippen LogP contribution in [0.4, 0.5) is 0 Å². The lowest BCUT2D eigenvalue weighted by Crippen LogP contribution is -2.25. The van der Waals surface area contributed by atoms with E-state index < -0.39 is 0 Å². The Morgan fingerprint density at radius 3 is 2.50 bits per heavy atom. The van der Waals surface area contributed by atoms with E-state index in [1.165, 1.54) is 5.56 Å². The van der Waals surface area contributed by atoms with Crippen LogP contribution in [0.3, 0.4) is 0 Å². The van der Waals surface area contributed by atoms with E-state index in [1.807, 2.05) is 45.0 Å². The Kier molecular flexibility index (Phi) is 5.95. The maximum atomic E-state index is 11.9. The SMILES string of the molecule is COc1ccccc1OCC(=O)N/N=C(/C)c1ccc(C)cc1C. The molecule has 0 fully saturated rings. The minimum absolute atomic E-state index is 0.135. The van der Waals surface area contributed by atoms with Crippen molar-refractivity contribution in [2.24, 2.45) is 5.10 Å². The molecule has 0 heterocycles. The Morgan fingerprint density at radius 1 is 1.12 bits per heavy atom. The van der Waals surface area contributed by atoms with Crippen LogP contribution in [0.5, 0.6) is 11.5 Å². The number of benzene rings is 2. The van der Waals surface area contributed by atoms with Crippen molar-refractivity contribution >= 4 is 11.6 Å². The van der Waals surface area contributed by atoms with E-state index in [0.717, 1.165) is 16.8 Å². The Balaban J connectivity index is 1.94. The fourth-order valence-corrected chi connectivity index (χ4v) is 2.34. The van der Waals surface area contributed by atoms with Gasteiger partial charge in [-0.15, -0.1) is 0 Å². The van der Waals surface area contributed by atoms with Gasteiger partial charge in [0.25, 0.3) is 5.91 Å². The second kappa shape index (κ2) is 8.15. The fourth-order valence-electron chi connectivity index (χ4n) is 2.34. The minimum Gasteiger partial charge on any atom is -0.493 e. The van der Waals surface area contributed by atoms with Crippen molar-refractivity contribution in [1.82, 2.24) is 5.43 Å². The first kappa shape index (κ1) is 17.5. The van der Waals surface area contributed by atoms with Gasteiger partial charge in [0.2, 0.25) is 0 Å². The quantitative estimate of drug-likeness (QED) is 0.655. The molecular formula is C19H22N2O3. The highest BCUT2D eigenvalue weighted by atomic mass is 16.5. The first-order valence-corrected chi connectivity index (χ1v) is 7.68. The Morgan fingerprint density at radius 2 is 1.83 bits per heavy atom. The van der Waals surface area contributed by atoms with Crippen LogP contribution < -0.4 is 14.9 Å². The van der Waals surface area contributed by atoms with E-state index in [1.54, 1.807) is 19.2 Å². The summed E-state index contributed by atoms with van der Waals surface area (Å²) in [6.07, 6.45) is 0. The summed E-state index contributed by atoms with van der Waals surface area (Å²) in [7, 11) is 1.56. The van der Waals surface area contributed by atoms with Crippen molar-refractivity contribution in [1.29, 1.82) is 0 Å². The highest BCUT2D eigenvalue weighted by Gasteiger charge is 2.07. The van der Waals surface area contributed by atoms with E-state index in [4.69, 9.17) is 9.47 Å².